The summed E-state index contributed by atoms with van der Waals surface area (Å²) in [6.45, 7) is -0.410. The standard InChI is InChI=1S/C23H24ClF6NO3S/c1-34-18-6-4-5-17(15-18)31(14-13-21(24)12-3-2-7-20(21)23(28,29)30)35(32,33)19-10-8-16(9-11-19)22(25,26)27/h4-6,8-11,15,20H,2-3,7,12-14H2,1H3. The molecule has 1 aliphatic carbocycles. The molecule has 3 rings (SSSR count). The quantitative estimate of drug-likeness (QED) is 0.278. The fourth-order valence-corrected chi connectivity index (χ4v) is 6.25. The summed E-state index contributed by atoms with van der Waals surface area (Å²) >= 11 is 6.49. The number of methoxy groups -OCH3 is 1. The van der Waals surface area contributed by atoms with Crippen molar-refractivity contribution < 1.29 is 39.5 Å². The van der Waals surface area contributed by atoms with Crippen LogP contribution in [0.15, 0.2) is 53.4 Å². The minimum absolute atomic E-state index is 0.0605. The van der Waals surface area contributed by atoms with Crippen LogP contribution in [0, 0.1) is 5.92 Å². The number of alkyl halides is 7. The molecule has 1 fully saturated rings. The molecular formula is C23H24ClF6NO3S. The van der Waals surface area contributed by atoms with Crippen molar-refractivity contribution in [3.05, 3.63) is 54.1 Å². The van der Waals surface area contributed by atoms with E-state index < -0.39 is 50.2 Å². The van der Waals surface area contributed by atoms with Gasteiger partial charge in [0.25, 0.3) is 10.0 Å². The number of sulfonamides is 1. The van der Waals surface area contributed by atoms with E-state index in [4.69, 9.17) is 16.3 Å². The van der Waals surface area contributed by atoms with Crippen LogP contribution in [0.5, 0.6) is 5.75 Å². The van der Waals surface area contributed by atoms with Gasteiger partial charge in [0.1, 0.15) is 5.75 Å². The maximum absolute atomic E-state index is 13.7. The molecule has 0 N–H and O–H groups in total. The van der Waals surface area contributed by atoms with Gasteiger partial charge < -0.3 is 4.74 Å². The molecule has 35 heavy (non-hydrogen) atoms. The van der Waals surface area contributed by atoms with Crippen LogP contribution < -0.4 is 9.04 Å². The summed E-state index contributed by atoms with van der Waals surface area (Å²) < 4.78 is 113. The third-order valence-electron chi connectivity index (χ3n) is 6.20. The summed E-state index contributed by atoms with van der Waals surface area (Å²) in [5.41, 5.74) is -0.941. The predicted molar refractivity (Wildman–Crippen MR) is 120 cm³/mol. The molecule has 4 nitrogen and oxygen atoms in total. The maximum Gasteiger partial charge on any atom is 0.416 e. The fourth-order valence-electron chi connectivity index (χ4n) is 4.34. The summed E-state index contributed by atoms with van der Waals surface area (Å²) in [6, 6.07) is 8.77. The zero-order valence-corrected chi connectivity index (χ0v) is 20.2. The van der Waals surface area contributed by atoms with E-state index >= 15 is 0 Å². The largest absolute Gasteiger partial charge is 0.497 e. The monoisotopic (exact) mass is 543 g/mol. The molecule has 0 bridgehead atoms. The molecular weight excluding hydrogens is 520 g/mol. The highest BCUT2D eigenvalue weighted by molar-refractivity contribution is 7.92. The molecule has 0 aliphatic heterocycles. The van der Waals surface area contributed by atoms with Crippen molar-refractivity contribution in [3.8, 4) is 5.75 Å². The van der Waals surface area contributed by atoms with Gasteiger partial charge in [-0.05, 0) is 55.7 Å². The van der Waals surface area contributed by atoms with Crippen LogP contribution in [0.4, 0.5) is 32.0 Å². The second-order valence-electron chi connectivity index (χ2n) is 8.43. The summed E-state index contributed by atoms with van der Waals surface area (Å²) in [7, 11) is -3.09. The van der Waals surface area contributed by atoms with Crippen LogP contribution in [0.3, 0.4) is 0 Å². The number of hydrogen-bond acceptors (Lipinski definition) is 3. The lowest BCUT2D eigenvalue weighted by molar-refractivity contribution is -0.191. The number of ether oxygens (including phenoxy) is 1. The van der Waals surface area contributed by atoms with Crippen molar-refractivity contribution in [3.63, 3.8) is 0 Å². The smallest absolute Gasteiger partial charge is 0.416 e. The van der Waals surface area contributed by atoms with Crippen molar-refractivity contribution in [2.75, 3.05) is 18.0 Å². The van der Waals surface area contributed by atoms with Crippen molar-refractivity contribution in [1.29, 1.82) is 0 Å². The van der Waals surface area contributed by atoms with Crippen LogP contribution in [-0.2, 0) is 16.2 Å². The van der Waals surface area contributed by atoms with E-state index in [0.717, 1.165) is 16.4 Å². The number of hydrogen-bond donors (Lipinski definition) is 0. The Bertz CT molecular complexity index is 1120. The fraction of sp³-hybridized carbons (Fsp3) is 0.478. The Labute approximate surface area is 204 Å². The molecule has 0 amide bonds. The van der Waals surface area contributed by atoms with Gasteiger partial charge in [-0.25, -0.2) is 8.42 Å². The molecule has 1 saturated carbocycles. The predicted octanol–water partition coefficient (Wildman–Crippen LogP) is 7.03. The maximum atomic E-state index is 13.7. The Morgan fingerprint density at radius 3 is 2.29 bits per heavy atom. The lowest BCUT2D eigenvalue weighted by atomic mass is 9.76. The first-order valence-electron chi connectivity index (χ1n) is 10.8. The Balaban J connectivity index is 2.00. The van der Waals surface area contributed by atoms with Crippen LogP contribution in [0.1, 0.15) is 37.7 Å². The van der Waals surface area contributed by atoms with Crippen LogP contribution >= 0.6 is 11.6 Å². The summed E-state index contributed by atoms with van der Waals surface area (Å²) in [5, 5.41) is 0. The van der Waals surface area contributed by atoms with Gasteiger partial charge in [0.05, 0.1) is 34.0 Å². The minimum atomic E-state index is -4.66. The SMILES string of the molecule is COc1cccc(N(CCC2(Cl)CCCCC2C(F)(F)F)S(=O)(=O)c2ccc(C(F)(F)F)cc2)c1. The molecule has 2 aromatic rings. The number of benzene rings is 2. The first kappa shape index (κ1) is 27.4. The second-order valence-corrected chi connectivity index (χ2v) is 11.0. The molecule has 0 radical (unpaired) electrons. The molecule has 2 atom stereocenters. The van der Waals surface area contributed by atoms with Crippen molar-refractivity contribution in [2.24, 2.45) is 5.92 Å². The van der Waals surface area contributed by atoms with Gasteiger partial charge in [-0.3, -0.25) is 4.31 Å². The van der Waals surface area contributed by atoms with Gasteiger partial charge in [0.15, 0.2) is 0 Å². The summed E-state index contributed by atoms with van der Waals surface area (Å²) in [6.07, 6.45) is -8.77. The molecule has 1 aliphatic rings. The Kier molecular flexibility index (Phi) is 7.91. The van der Waals surface area contributed by atoms with Gasteiger partial charge in [0, 0.05) is 12.6 Å². The van der Waals surface area contributed by atoms with Gasteiger partial charge in [-0.2, -0.15) is 26.3 Å². The first-order chi connectivity index (χ1) is 16.2. The van der Waals surface area contributed by atoms with E-state index in [-0.39, 0.29) is 24.9 Å². The molecule has 12 heteroatoms. The molecule has 194 valence electrons. The summed E-state index contributed by atoms with van der Waals surface area (Å²) in [5.74, 6) is -1.51. The third kappa shape index (κ3) is 6.17. The zero-order valence-electron chi connectivity index (χ0n) is 18.7. The van der Waals surface area contributed by atoms with E-state index in [1.165, 1.54) is 25.3 Å². The zero-order chi connectivity index (χ0) is 26.1. The Morgan fingerprint density at radius 2 is 1.71 bits per heavy atom. The van der Waals surface area contributed by atoms with Crippen molar-refractivity contribution >= 4 is 27.3 Å². The average molecular weight is 544 g/mol. The van der Waals surface area contributed by atoms with Crippen molar-refractivity contribution in [1.82, 2.24) is 0 Å². The number of nitrogens with zero attached hydrogens (tertiary/aromatic N) is 1. The number of rotatable bonds is 7. The van der Waals surface area contributed by atoms with Crippen LogP contribution in [0.25, 0.3) is 0 Å². The van der Waals surface area contributed by atoms with E-state index in [9.17, 15) is 34.8 Å². The first-order valence-corrected chi connectivity index (χ1v) is 12.6. The van der Waals surface area contributed by atoms with Gasteiger partial charge in [-0.1, -0.05) is 18.9 Å². The molecule has 0 heterocycles. The second kappa shape index (κ2) is 10.1. The molecule has 0 spiro atoms. The Hall–Kier alpha value is -2.14. The normalized spacial score (nSPS) is 21.5. The van der Waals surface area contributed by atoms with E-state index in [1.54, 1.807) is 6.07 Å². The van der Waals surface area contributed by atoms with E-state index in [2.05, 4.69) is 0 Å². The van der Waals surface area contributed by atoms with Gasteiger partial charge >= 0.3 is 12.4 Å². The molecule has 0 saturated heterocycles. The topological polar surface area (TPSA) is 46.6 Å². The highest BCUT2D eigenvalue weighted by atomic mass is 35.5. The third-order valence-corrected chi connectivity index (χ3v) is 8.68. The summed E-state index contributed by atoms with van der Waals surface area (Å²) in [4.78, 5) is -2.14. The minimum Gasteiger partial charge on any atom is -0.497 e. The highest BCUT2D eigenvalue weighted by Crippen LogP contribution is 2.49. The van der Waals surface area contributed by atoms with Gasteiger partial charge in [0.2, 0.25) is 0 Å². The highest BCUT2D eigenvalue weighted by Gasteiger charge is 2.53. The number of halogens is 7. The number of anilines is 1. The lowest BCUT2D eigenvalue weighted by Crippen LogP contribution is -2.46. The van der Waals surface area contributed by atoms with Crippen LogP contribution in [0.2, 0.25) is 0 Å². The van der Waals surface area contributed by atoms with Gasteiger partial charge in [-0.15, -0.1) is 11.6 Å². The van der Waals surface area contributed by atoms with E-state index in [0.29, 0.717) is 30.7 Å². The molecule has 2 aromatic carbocycles. The van der Waals surface area contributed by atoms with Crippen LogP contribution in [-0.4, -0.2) is 33.1 Å². The average Bonchev–Trinajstić information content (AvgIpc) is 2.78. The van der Waals surface area contributed by atoms with Crippen molar-refractivity contribution in [2.45, 2.75) is 54.2 Å². The lowest BCUT2D eigenvalue weighted by Gasteiger charge is -2.41. The van der Waals surface area contributed by atoms with E-state index in [1.807, 2.05) is 0 Å². The Morgan fingerprint density at radius 1 is 1.06 bits per heavy atom. The molecule has 2 unspecified atom stereocenters. The molecule has 0 aromatic heterocycles.